The molecule has 0 fully saturated rings. The van der Waals surface area contributed by atoms with Gasteiger partial charge < -0.3 is 29.7 Å². The van der Waals surface area contributed by atoms with Gasteiger partial charge in [-0.15, -0.1) is 150 Å². The smallest absolute Gasteiger partial charge is 4.00 e. The molecule has 6 radical (unpaired) electrons. The summed E-state index contributed by atoms with van der Waals surface area (Å²) in [5.41, 5.74) is 10.6. The second kappa shape index (κ2) is 31.9. The molecule has 0 bridgehead atoms. The Morgan fingerprint density at radius 1 is 0.323 bits per heavy atom. The molecule has 0 aliphatic rings. The Balaban J connectivity index is 0. The first-order chi connectivity index (χ1) is 27.4. The van der Waals surface area contributed by atoms with E-state index >= 15 is 0 Å². The first-order valence-corrected chi connectivity index (χ1v) is 24.0. The van der Waals surface area contributed by atoms with Crippen LogP contribution in [0.3, 0.4) is 0 Å². The number of benzene rings is 6. The van der Waals surface area contributed by atoms with Gasteiger partial charge in [0, 0.05) is 0 Å². The average Bonchev–Trinajstić information content (AvgIpc) is 4.03. The van der Waals surface area contributed by atoms with E-state index in [0.29, 0.717) is 0 Å². The van der Waals surface area contributed by atoms with Crippen molar-refractivity contribution < 1.29 is 52.4 Å². The average molecular weight is 1130 g/mol. The molecule has 0 saturated heterocycles. The van der Waals surface area contributed by atoms with Gasteiger partial charge in [0.15, 0.2) is 0 Å². The quantitative estimate of drug-likeness (QED) is 0.120. The number of hydrogen-bond donors (Lipinski definition) is 0. The van der Waals surface area contributed by atoms with Crippen LogP contribution in [0.25, 0.3) is 65.3 Å². The van der Waals surface area contributed by atoms with Gasteiger partial charge >= 0.3 is 104 Å². The van der Waals surface area contributed by atoms with Crippen LogP contribution in [0.1, 0.15) is 22.3 Å². The molecule has 10 aromatic rings. The van der Waals surface area contributed by atoms with E-state index in [1.807, 2.05) is 0 Å². The Labute approximate surface area is 438 Å². The standard InChI is InChI=1S/2C16H13.2C10H9.4CH3.2ClGe.2Zr/c2*1-12-10-14-8-5-9-15(16(14)11-12)13-6-3-2-4-7-13;2*1-8-6-9-4-2-3-5-10(9)7-8;;;;;2*1-2;;/h2*2-11H,1H3;2*2-7H,1H3;4*1H3;;;;/q8*-1;;;2*+4. The third-order valence-electron chi connectivity index (χ3n) is 9.48. The largest absolute Gasteiger partial charge is 4.00 e. The Morgan fingerprint density at radius 3 is 0.935 bits per heavy atom. The van der Waals surface area contributed by atoms with Crippen LogP contribution in [0.15, 0.2) is 194 Å². The summed E-state index contributed by atoms with van der Waals surface area (Å²) in [5.74, 6) is 0. The van der Waals surface area contributed by atoms with Crippen LogP contribution in [0.2, 0.25) is 0 Å². The van der Waals surface area contributed by atoms with Crippen molar-refractivity contribution >= 4 is 94.3 Å². The molecule has 0 spiro atoms. The van der Waals surface area contributed by atoms with Crippen molar-refractivity contribution in [2.24, 2.45) is 0 Å². The van der Waals surface area contributed by atoms with E-state index in [-0.39, 0.29) is 82.1 Å². The zero-order valence-electron chi connectivity index (χ0n) is 37.2. The van der Waals surface area contributed by atoms with Crippen LogP contribution in [0.4, 0.5) is 0 Å². The van der Waals surface area contributed by atoms with Crippen molar-refractivity contribution in [1.82, 2.24) is 0 Å². The normalized spacial score (nSPS) is 9.16. The van der Waals surface area contributed by atoms with Crippen LogP contribution < -0.4 is 0 Å². The Bertz CT molecular complexity index is 2430. The fourth-order valence-corrected chi connectivity index (χ4v) is 7.12. The van der Waals surface area contributed by atoms with Crippen LogP contribution >= 0.6 is 20.0 Å². The topological polar surface area (TPSA) is 0 Å². The van der Waals surface area contributed by atoms with Crippen molar-refractivity contribution in [2.45, 2.75) is 27.7 Å². The molecule has 0 aliphatic carbocycles. The summed E-state index contributed by atoms with van der Waals surface area (Å²) in [6.45, 7) is 8.55. The summed E-state index contributed by atoms with van der Waals surface area (Å²) < 4.78 is 0. The number of aryl methyl sites for hydroxylation is 4. The van der Waals surface area contributed by atoms with Crippen molar-refractivity contribution in [3.8, 4) is 22.3 Å². The van der Waals surface area contributed by atoms with Gasteiger partial charge in [0.2, 0.25) is 0 Å². The molecule has 10 aromatic carbocycles. The van der Waals surface area contributed by atoms with Crippen molar-refractivity contribution in [3.05, 3.63) is 246 Å². The molecule has 0 nitrogen and oxygen atoms in total. The molecule has 310 valence electrons. The molecule has 10 rings (SSSR count). The predicted molar refractivity (Wildman–Crippen MR) is 277 cm³/mol. The van der Waals surface area contributed by atoms with Gasteiger partial charge in [0.1, 0.15) is 0 Å². The summed E-state index contributed by atoms with van der Waals surface area (Å²) in [4.78, 5) is 0. The molecule has 6 heteroatoms. The third-order valence-corrected chi connectivity index (χ3v) is 9.48. The molecule has 62 heavy (non-hydrogen) atoms. The molecule has 0 aliphatic heterocycles. The van der Waals surface area contributed by atoms with Crippen LogP contribution in [0, 0.1) is 57.4 Å². The molecule has 0 N–H and O–H groups in total. The maximum Gasteiger partial charge on any atom is 4.00 e. The van der Waals surface area contributed by atoms with E-state index < -0.39 is 0 Å². The minimum absolute atomic E-state index is 0. The minimum Gasteiger partial charge on any atom is 4.00 e. The van der Waals surface area contributed by atoms with Gasteiger partial charge in [-0.2, -0.15) is 24.3 Å². The van der Waals surface area contributed by atoms with E-state index in [9.17, 15) is 0 Å². The maximum atomic E-state index is 4.64. The van der Waals surface area contributed by atoms with Crippen molar-refractivity contribution in [1.29, 1.82) is 0 Å². The maximum absolute atomic E-state index is 4.64. The van der Waals surface area contributed by atoms with Crippen LogP contribution in [-0.2, 0) is 52.4 Å². The molecule has 0 aromatic heterocycles. The Morgan fingerprint density at radius 2 is 0.597 bits per heavy atom. The zero-order chi connectivity index (χ0) is 39.9. The monoisotopic (exact) mass is 1130 g/mol. The Kier molecular flexibility index (Phi) is 31.6. The first-order valence-electron chi connectivity index (χ1n) is 18.5. The fourth-order valence-electron chi connectivity index (χ4n) is 7.12. The number of rotatable bonds is 2. The van der Waals surface area contributed by atoms with Crippen molar-refractivity contribution in [3.63, 3.8) is 0 Å². The second-order valence-electron chi connectivity index (χ2n) is 13.7. The van der Waals surface area contributed by atoms with Crippen molar-refractivity contribution in [2.75, 3.05) is 0 Å². The number of hydrogen-bond acceptors (Lipinski definition) is 0. The first kappa shape index (κ1) is 61.3. The summed E-state index contributed by atoms with van der Waals surface area (Å²) in [6.07, 6.45) is 0. The van der Waals surface area contributed by atoms with Crippen LogP contribution in [-0.4, -0.2) is 31.2 Å². The van der Waals surface area contributed by atoms with Gasteiger partial charge in [-0.25, -0.2) is 0 Å². The zero-order valence-corrected chi connectivity index (χ0v) is 47.9. The van der Waals surface area contributed by atoms with Gasteiger partial charge in [-0.3, -0.25) is 0 Å². The molecule has 0 heterocycles. The van der Waals surface area contributed by atoms with Gasteiger partial charge in [-0.05, 0) is 11.1 Å². The summed E-state index contributed by atoms with van der Waals surface area (Å²) in [7, 11) is 9.28. The molecular formula is C56H56Cl2Ge2Zr2. The fraction of sp³-hybridized carbons (Fsp3) is 0.0714. The number of halogens is 2. The second-order valence-corrected chi connectivity index (χ2v) is 13.7. The predicted octanol–water partition coefficient (Wildman–Crippen LogP) is 17.2. The summed E-state index contributed by atoms with van der Waals surface area (Å²) >= 11 is 2.94. The van der Waals surface area contributed by atoms with E-state index in [1.165, 1.54) is 119 Å². The third kappa shape index (κ3) is 17.0. The summed E-state index contributed by atoms with van der Waals surface area (Å²) in [5, 5.41) is 10.8. The molecule has 0 atom stereocenters. The van der Waals surface area contributed by atoms with Gasteiger partial charge in [0.25, 0.3) is 0 Å². The number of fused-ring (bicyclic) bond motifs is 4. The van der Waals surface area contributed by atoms with E-state index in [2.05, 4.69) is 242 Å². The van der Waals surface area contributed by atoms with Gasteiger partial charge in [0.05, 0.1) is 0 Å². The van der Waals surface area contributed by atoms with E-state index in [1.54, 1.807) is 0 Å². The van der Waals surface area contributed by atoms with E-state index in [0.717, 1.165) is 0 Å². The molecular weight excluding hydrogens is 1070 g/mol. The van der Waals surface area contributed by atoms with Gasteiger partial charge in [-0.1, -0.05) is 124 Å². The molecule has 0 unspecified atom stereocenters. The Hall–Kier alpha value is -2.81. The SMILES string of the molecule is Cc1cc2c(-c3ccccc3)cccc2[cH-]1.Cc1cc2c(-c3ccccc3)cccc2[cH-]1.Cc1cc2ccccc2[cH-]1.Cc1cc2ccccc2[cH-]1.[CH3-].[CH3-].[CH3-].[CH3-].[Cl][Ge].[Cl][Ge].[Zr+4].[Zr+4]. The molecule has 0 amide bonds. The molecule has 0 saturated carbocycles. The minimum atomic E-state index is 0. The summed E-state index contributed by atoms with van der Waals surface area (Å²) in [6, 6.07) is 68.8. The van der Waals surface area contributed by atoms with Crippen LogP contribution in [0.5, 0.6) is 0 Å². The van der Waals surface area contributed by atoms with E-state index in [4.69, 9.17) is 0 Å².